The second-order valence-corrected chi connectivity index (χ2v) is 7.76. The highest BCUT2D eigenvalue weighted by molar-refractivity contribution is 6.35. The van der Waals surface area contributed by atoms with Crippen LogP contribution in [-0.2, 0) is 0 Å². The average Bonchev–Trinajstić information content (AvgIpc) is 3.27. The first-order valence-electron chi connectivity index (χ1n) is 8.84. The molecule has 0 bridgehead atoms. The van der Waals surface area contributed by atoms with Crippen molar-refractivity contribution in [3.63, 3.8) is 0 Å². The summed E-state index contributed by atoms with van der Waals surface area (Å²) >= 11 is 11.6. The highest BCUT2D eigenvalue weighted by atomic mass is 35.5. The zero-order valence-electron chi connectivity index (χ0n) is 15.9. The lowest BCUT2D eigenvalue weighted by atomic mass is 10.2. The summed E-state index contributed by atoms with van der Waals surface area (Å²) in [6.45, 7) is 8.04. The highest BCUT2D eigenvalue weighted by Gasteiger charge is 2.11. The summed E-state index contributed by atoms with van der Waals surface area (Å²) in [6.07, 6.45) is 3.64. The van der Waals surface area contributed by atoms with Gasteiger partial charge in [-0.3, -0.25) is 9.36 Å². The van der Waals surface area contributed by atoms with E-state index in [1.807, 2.05) is 33.9 Å². The molecular formula is C20H20Cl2F2N4. The molecule has 2 aromatic carbocycles. The zero-order chi connectivity index (χ0) is 20.6. The van der Waals surface area contributed by atoms with Gasteiger partial charge in [-0.15, -0.1) is 0 Å². The molecule has 0 spiro atoms. The van der Waals surface area contributed by atoms with Gasteiger partial charge in [0.25, 0.3) is 0 Å². The van der Waals surface area contributed by atoms with Crippen LogP contribution in [0.5, 0.6) is 0 Å². The van der Waals surface area contributed by atoms with E-state index in [9.17, 15) is 8.78 Å². The smallest absolute Gasteiger partial charge is 0.144 e. The van der Waals surface area contributed by atoms with Gasteiger partial charge in [0.15, 0.2) is 0 Å². The maximum atomic E-state index is 13.1. The third kappa shape index (κ3) is 3.98. The summed E-state index contributed by atoms with van der Waals surface area (Å²) in [6, 6.07) is 6.51. The third-order valence-corrected chi connectivity index (χ3v) is 4.98. The van der Waals surface area contributed by atoms with Crippen molar-refractivity contribution in [2.75, 3.05) is 0 Å². The van der Waals surface area contributed by atoms with Crippen molar-refractivity contribution in [2.45, 2.75) is 39.8 Å². The van der Waals surface area contributed by atoms with E-state index in [0.29, 0.717) is 10.9 Å². The largest absolute Gasteiger partial charge is 0.269 e. The molecule has 0 aliphatic rings. The summed E-state index contributed by atoms with van der Waals surface area (Å²) in [5.74, 6) is -0.823. The zero-order valence-corrected chi connectivity index (χ0v) is 17.4. The number of aromatic nitrogens is 4. The molecule has 2 heterocycles. The van der Waals surface area contributed by atoms with Crippen LogP contribution in [0.2, 0.25) is 10.0 Å². The van der Waals surface area contributed by atoms with Crippen molar-refractivity contribution in [3.8, 4) is 0 Å². The Bertz CT molecular complexity index is 1040. The Hall–Kier alpha value is -2.18. The van der Waals surface area contributed by atoms with Crippen LogP contribution >= 0.6 is 23.2 Å². The summed E-state index contributed by atoms with van der Waals surface area (Å²) in [4.78, 5) is 0. The highest BCUT2D eigenvalue weighted by Crippen LogP contribution is 2.27. The van der Waals surface area contributed by atoms with E-state index in [-0.39, 0.29) is 22.1 Å². The quantitative estimate of drug-likeness (QED) is 0.353. The van der Waals surface area contributed by atoms with Crippen LogP contribution < -0.4 is 0 Å². The summed E-state index contributed by atoms with van der Waals surface area (Å²) in [5, 5.41) is 10.3. The van der Waals surface area contributed by atoms with Gasteiger partial charge in [-0.1, -0.05) is 23.2 Å². The third-order valence-electron chi connectivity index (χ3n) is 4.24. The first kappa shape index (κ1) is 20.6. The molecular weight excluding hydrogens is 405 g/mol. The van der Waals surface area contributed by atoms with E-state index in [0.717, 1.165) is 10.9 Å². The Balaban J connectivity index is 0.000000161. The first-order valence-corrected chi connectivity index (χ1v) is 9.60. The van der Waals surface area contributed by atoms with Gasteiger partial charge in [0.1, 0.15) is 22.2 Å². The molecule has 0 atom stereocenters. The number of fused-ring (bicyclic) bond motifs is 2. The minimum absolute atomic E-state index is 0.0990. The van der Waals surface area contributed by atoms with E-state index in [4.69, 9.17) is 23.2 Å². The van der Waals surface area contributed by atoms with Gasteiger partial charge >= 0.3 is 0 Å². The van der Waals surface area contributed by atoms with E-state index >= 15 is 0 Å². The standard InChI is InChI=1S/2C10H10ClFN2/c1-6(2)14-5-7-9(13-14)4-3-8(12)10(7)11;1-6(2)14-5-7-3-4-8(12)9(11)10(7)13-14/h2*3-6H,1-2H3. The molecule has 0 amide bonds. The fourth-order valence-electron chi connectivity index (χ4n) is 2.63. The van der Waals surface area contributed by atoms with Crippen LogP contribution in [0.25, 0.3) is 21.8 Å². The van der Waals surface area contributed by atoms with Crippen molar-refractivity contribution in [1.29, 1.82) is 0 Å². The van der Waals surface area contributed by atoms with E-state index in [1.54, 1.807) is 27.7 Å². The molecule has 0 N–H and O–H groups in total. The van der Waals surface area contributed by atoms with Crippen molar-refractivity contribution in [3.05, 3.63) is 58.3 Å². The fraction of sp³-hybridized carbons (Fsp3) is 0.300. The lowest BCUT2D eigenvalue weighted by Gasteiger charge is -2.02. The Labute approximate surface area is 171 Å². The Morgan fingerprint density at radius 1 is 0.786 bits per heavy atom. The van der Waals surface area contributed by atoms with Crippen molar-refractivity contribution in [2.24, 2.45) is 0 Å². The molecule has 0 saturated heterocycles. The van der Waals surface area contributed by atoms with Crippen molar-refractivity contribution >= 4 is 45.0 Å². The lowest BCUT2D eigenvalue weighted by molar-refractivity contribution is 0.537. The second kappa shape index (κ2) is 8.05. The number of nitrogens with zero attached hydrogens (tertiary/aromatic N) is 4. The van der Waals surface area contributed by atoms with Crippen LogP contribution in [0, 0.1) is 11.6 Å². The molecule has 0 aliphatic carbocycles. The Kier molecular flexibility index (Phi) is 5.91. The van der Waals surface area contributed by atoms with Crippen LogP contribution in [0.3, 0.4) is 0 Å². The Morgan fingerprint density at radius 2 is 1.36 bits per heavy atom. The average molecular weight is 425 g/mol. The van der Waals surface area contributed by atoms with Gasteiger partial charge in [-0.05, 0) is 52.0 Å². The van der Waals surface area contributed by atoms with Crippen molar-refractivity contribution < 1.29 is 8.78 Å². The number of hydrogen-bond donors (Lipinski definition) is 0. The monoisotopic (exact) mass is 424 g/mol. The van der Waals surface area contributed by atoms with Gasteiger partial charge in [0.05, 0.1) is 10.5 Å². The first-order chi connectivity index (χ1) is 13.2. The topological polar surface area (TPSA) is 35.6 Å². The molecule has 0 fully saturated rings. The molecule has 4 nitrogen and oxygen atoms in total. The number of hydrogen-bond acceptors (Lipinski definition) is 2. The van der Waals surface area contributed by atoms with Crippen LogP contribution in [0.4, 0.5) is 8.78 Å². The van der Waals surface area contributed by atoms with Gasteiger partial charge < -0.3 is 0 Å². The maximum absolute atomic E-state index is 13.1. The summed E-state index contributed by atoms with van der Waals surface area (Å²) < 4.78 is 29.7. The van der Waals surface area contributed by atoms with Crippen LogP contribution in [0.1, 0.15) is 39.8 Å². The lowest BCUT2D eigenvalue weighted by Crippen LogP contribution is -2.00. The SMILES string of the molecule is CC(C)n1cc2c(Cl)c(F)ccc2n1.CC(C)n1cc2ccc(F)c(Cl)c2n1. The maximum Gasteiger partial charge on any atom is 0.144 e. The van der Waals surface area contributed by atoms with E-state index < -0.39 is 11.6 Å². The fourth-order valence-corrected chi connectivity index (χ4v) is 3.05. The van der Waals surface area contributed by atoms with E-state index in [1.165, 1.54) is 12.1 Å². The minimum Gasteiger partial charge on any atom is -0.269 e. The molecule has 0 unspecified atom stereocenters. The predicted octanol–water partition coefficient (Wildman–Crippen LogP) is 6.82. The van der Waals surface area contributed by atoms with Gasteiger partial charge in [0, 0.05) is 35.2 Å². The molecule has 28 heavy (non-hydrogen) atoms. The molecule has 4 aromatic rings. The van der Waals surface area contributed by atoms with Gasteiger partial charge in [-0.25, -0.2) is 8.78 Å². The van der Waals surface area contributed by atoms with Gasteiger partial charge in [0.2, 0.25) is 0 Å². The Morgan fingerprint density at radius 3 is 2.00 bits per heavy atom. The molecule has 0 saturated carbocycles. The van der Waals surface area contributed by atoms with Crippen LogP contribution in [-0.4, -0.2) is 19.6 Å². The molecule has 4 rings (SSSR count). The number of halogens is 4. The molecule has 8 heteroatoms. The summed E-state index contributed by atoms with van der Waals surface area (Å²) in [5.41, 5.74) is 1.26. The van der Waals surface area contributed by atoms with E-state index in [2.05, 4.69) is 10.2 Å². The second-order valence-electron chi connectivity index (χ2n) is 7.00. The molecule has 0 radical (unpaired) electrons. The van der Waals surface area contributed by atoms with Gasteiger partial charge in [-0.2, -0.15) is 10.2 Å². The minimum atomic E-state index is -0.423. The van der Waals surface area contributed by atoms with Crippen molar-refractivity contribution in [1.82, 2.24) is 19.6 Å². The number of rotatable bonds is 2. The normalized spacial score (nSPS) is 11.5. The summed E-state index contributed by atoms with van der Waals surface area (Å²) in [7, 11) is 0. The van der Waals surface area contributed by atoms with Crippen LogP contribution in [0.15, 0.2) is 36.7 Å². The predicted molar refractivity (Wildman–Crippen MR) is 110 cm³/mol. The number of benzene rings is 2. The molecule has 148 valence electrons. The molecule has 0 aliphatic heterocycles. The molecule has 2 aromatic heterocycles.